The van der Waals surface area contributed by atoms with E-state index in [4.69, 9.17) is 0 Å². The summed E-state index contributed by atoms with van der Waals surface area (Å²) in [6, 6.07) is 7.44. The maximum atomic E-state index is 12.1. The van der Waals surface area contributed by atoms with Gasteiger partial charge in [-0.05, 0) is 39.3 Å². The number of nitrogens with zero attached hydrogens (tertiary/aromatic N) is 1. The molecule has 0 saturated heterocycles. The van der Waals surface area contributed by atoms with Crippen LogP contribution in [0.25, 0.3) is 0 Å². The van der Waals surface area contributed by atoms with Crippen LogP contribution in [0.3, 0.4) is 0 Å². The molecular formula is C14H22N2O2. The van der Waals surface area contributed by atoms with Crippen LogP contribution < -0.4 is 5.32 Å². The molecule has 0 aliphatic heterocycles. The van der Waals surface area contributed by atoms with Crippen LogP contribution in [-0.4, -0.2) is 34.7 Å². The standard InChI is InChI=1S/C14H22N2O2/c1-5-16(10-14(3,4)18)13(17)15-12-9-7-6-8-11(12)2/h6-9,18H,5,10H2,1-4H3,(H,15,17). The number of hydrogen-bond donors (Lipinski definition) is 2. The van der Waals surface area contributed by atoms with Gasteiger partial charge in [0.15, 0.2) is 0 Å². The summed E-state index contributed by atoms with van der Waals surface area (Å²) in [4.78, 5) is 13.7. The lowest BCUT2D eigenvalue weighted by molar-refractivity contribution is 0.0501. The number of aliphatic hydroxyl groups is 1. The second-order valence-electron chi connectivity index (χ2n) is 5.07. The molecule has 100 valence electrons. The largest absolute Gasteiger partial charge is 0.389 e. The zero-order valence-corrected chi connectivity index (χ0v) is 11.5. The zero-order valence-electron chi connectivity index (χ0n) is 11.5. The van der Waals surface area contributed by atoms with Crippen LogP contribution in [0.5, 0.6) is 0 Å². The van der Waals surface area contributed by atoms with Gasteiger partial charge in [0.25, 0.3) is 0 Å². The van der Waals surface area contributed by atoms with Crippen molar-refractivity contribution in [1.29, 1.82) is 0 Å². The Morgan fingerprint density at radius 2 is 2.00 bits per heavy atom. The highest BCUT2D eigenvalue weighted by Gasteiger charge is 2.21. The van der Waals surface area contributed by atoms with E-state index >= 15 is 0 Å². The van der Waals surface area contributed by atoms with Gasteiger partial charge < -0.3 is 15.3 Å². The van der Waals surface area contributed by atoms with Gasteiger partial charge in [-0.25, -0.2) is 4.79 Å². The molecule has 4 heteroatoms. The predicted octanol–water partition coefficient (Wildman–Crippen LogP) is 2.62. The van der Waals surface area contributed by atoms with Crippen LogP contribution >= 0.6 is 0 Å². The van der Waals surface area contributed by atoms with Crippen molar-refractivity contribution in [2.24, 2.45) is 0 Å². The van der Waals surface area contributed by atoms with Gasteiger partial charge in [0.2, 0.25) is 0 Å². The molecule has 0 saturated carbocycles. The predicted molar refractivity (Wildman–Crippen MR) is 73.7 cm³/mol. The minimum Gasteiger partial charge on any atom is -0.389 e. The number of para-hydroxylation sites is 1. The lowest BCUT2D eigenvalue weighted by Crippen LogP contribution is -2.44. The molecule has 0 aromatic heterocycles. The molecule has 0 fully saturated rings. The van der Waals surface area contributed by atoms with E-state index < -0.39 is 5.60 Å². The normalized spacial score (nSPS) is 11.2. The van der Waals surface area contributed by atoms with Crippen molar-refractivity contribution in [3.63, 3.8) is 0 Å². The van der Waals surface area contributed by atoms with E-state index in [1.165, 1.54) is 0 Å². The SMILES string of the molecule is CCN(CC(C)(C)O)C(=O)Nc1ccccc1C. The van der Waals surface area contributed by atoms with Gasteiger partial charge in [-0.2, -0.15) is 0 Å². The number of benzene rings is 1. The van der Waals surface area contributed by atoms with Gasteiger partial charge in [-0.3, -0.25) is 0 Å². The Hall–Kier alpha value is -1.55. The molecule has 18 heavy (non-hydrogen) atoms. The fourth-order valence-corrected chi connectivity index (χ4v) is 1.70. The van der Waals surface area contributed by atoms with E-state index in [-0.39, 0.29) is 6.03 Å². The highest BCUT2D eigenvalue weighted by atomic mass is 16.3. The van der Waals surface area contributed by atoms with E-state index in [2.05, 4.69) is 5.32 Å². The molecule has 1 aromatic rings. The second kappa shape index (κ2) is 5.87. The quantitative estimate of drug-likeness (QED) is 0.863. The van der Waals surface area contributed by atoms with Gasteiger partial charge >= 0.3 is 6.03 Å². The van der Waals surface area contributed by atoms with Crippen LogP contribution in [0.4, 0.5) is 10.5 Å². The van der Waals surface area contributed by atoms with E-state index in [1.54, 1.807) is 18.7 Å². The first-order valence-corrected chi connectivity index (χ1v) is 6.17. The highest BCUT2D eigenvalue weighted by Crippen LogP contribution is 2.14. The minimum atomic E-state index is -0.890. The first kappa shape index (κ1) is 14.5. The summed E-state index contributed by atoms with van der Waals surface area (Å²) in [7, 11) is 0. The molecule has 0 aliphatic rings. The van der Waals surface area contributed by atoms with Crippen molar-refractivity contribution < 1.29 is 9.90 Å². The van der Waals surface area contributed by atoms with Crippen LogP contribution in [0, 0.1) is 6.92 Å². The second-order valence-corrected chi connectivity index (χ2v) is 5.07. The summed E-state index contributed by atoms with van der Waals surface area (Å²) in [5, 5.41) is 12.6. The molecule has 0 unspecified atom stereocenters. The van der Waals surface area contributed by atoms with Crippen molar-refractivity contribution in [1.82, 2.24) is 4.90 Å². The number of nitrogens with one attached hydrogen (secondary N) is 1. The summed E-state index contributed by atoms with van der Waals surface area (Å²) in [6.07, 6.45) is 0. The molecule has 2 amide bonds. The van der Waals surface area contributed by atoms with Crippen molar-refractivity contribution in [2.75, 3.05) is 18.4 Å². The first-order chi connectivity index (χ1) is 8.33. The molecule has 0 spiro atoms. The van der Waals surface area contributed by atoms with Crippen molar-refractivity contribution >= 4 is 11.7 Å². The van der Waals surface area contributed by atoms with Gasteiger partial charge in [-0.1, -0.05) is 18.2 Å². The van der Waals surface area contributed by atoms with Gasteiger partial charge in [0, 0.05) is 12.2 Å². The summed E-state index contributed by atoms with van der Waals surface area (Å²) in [6.45, 7) is 8.08. The Balaban J connectivity index is 2.72. The molecule has 4 nitrogen and oxygen atoms in total. The molecule has 1 aromatic carbocycles. The van der Waals surface area contributed by atoms with Crippen LogP contribution in [-0.2, 0) is 0 Å². The topological polar surface area (TPSA) is 52.6 Å². The summed E-state index contributed by atoms with van der Waals surface area (Å²) >= 11 is 0. The van der Waals surface area contributed by atoms with Crippen LogP contribution in [0.2, 0.25) is 0 Å². The fraction of sp³-hybridized carbons (Fsp3) is 0.500. The van der Waals surface area contributed by atoms with E-state index in [9.17, 15) is 9.90 Å². The Morgan fingerprint density at radius 3 is 2.50 bits per heavy atom. The number of likely N-dealkylation sites (N-methyl/N-ethyl adjacent to an activating group) is 1. The highest BCUT2D eigenvalue weighted by molar-refractivity contribution is 5.90. The summed E-state index contributed by atoms with van der Waals surface area (Å²) in [5.74, 6) is 0. The molecule has 2 N–H and O–H groups in total. The monoisotopic (exact) mass is 250 g/mol. The number of urea groups is 1. The van der Waals surface area contributed by atoms with E-state index in [1.807, 2.05) is 38.1 Å². The van der Waals surface area contributed by atoms with Crippen molar-refractivity contribution in [3.05, 3.63) is 29.8 Å². The van der Waals surface area contributed by atoms with Gasteiger partial charge in [-0.15, -0.1) is 0 Å². The Bertz CT molecular complexity index is 411. The fourth-order valence-electron chi connectivity index (χ4n) is 1.70. The van der Waals surface area contributed by atoms with Gasteiger partial charge in [0.05, 0.1) is 12.1 Å². The molecule has 0 bridgehead atoms. The number of aryl methyl sites for hydroxylation is 1. The summed E-state index contributed by atoms with van der Waals surface area (Å²) in [5.41, 5.74) is 0.931. The zero-order chi connectivity index (χ0) is 13.8. The van der Waals surface area contributed by atoms with Crippen molar-refractivity contribution in [3.8, 4) is 0 Å². The maximum Gasteiger partial charge on any atom is 0.321 e. The third kappa shape index (κ3) is 4.37. The van der Waals surface area contributed by atoms with E-state index in [0.29, 0.717) is 13.1 Å². The average molecular weight is 250 g/mol. The Kier molecular flexibility index (Phi) is 4.73. The smallest absolute Gasteiger partial charge is 0.321 e. The molecule has 1 rings (SSSR count). The van der Waals surface area contributed by atoms with E-state index in [0.717, 1.165) is 11.3 Å². The lowest BCUT2D eigenvalue weighted by atomic mass is 10.1. The van der Waals surface area contributed by atoms with Crippen LogP contribution in [0.1, 0.15) is 26.3 Å². The first-order valence-electron chi connectivity index (χ1n) is 6.17. The number of hydrogen-bond acceptors (Lipinski definition) is 2. The number of anilines is 1. The molecule has 0 radical (unpaired) electrons. The molecule has 0 heterocycles. The summed E-state index contributed by atoms with van der Waals surface area (Å²) < 4.78 is 0. The van der Waals surface area contributed by atoms with Crippen molar-refractivity contribution in [2.45, 2.75) is 33.3 Å². The minimum absolute atomic E-state index is 0.186. The molecule has 0 atom stereocenters. The molecule has 0 aliphatic carbocycles. The molecular weight excluding hydrogens is 228 g/mol. The average Bonchev–Trinajstić information content (AvgIpc) is 2.27. The van der Waals surface area contributed by atoms with Gasteiger partial charge in [0.1, 0.15) is 0 Å². The number of rotatable bonds is 4. The third-order valence-electron chi connectivity index (χ3n) is 2.63. The maximum absolute atomic E-state index is 12.1. The number of carbonyl (C=O) groups is 1. The lowest BCUT2D eigenvalue weighted by Gasteiger charge is -2.28. The number of carbonyl (C=O) groups excluding carboxylic acids is 1. The number of amides is 2. The Labute approximate surface area is 109 Å². The van der Waals surface area contributed by atoms with Crippen LogP contribution in [0.15, 0.2) is 24.3 Å². The third-order valence-corrected chi connectivity index (χ3v) is 2.63. The Morgan fingerprint density at radius 1 is 1.39 bits per heavy atom.